The van der Waals surface area contributed by atoms with Crippen LogP contribution in [0.3, 0.4) is 0 Å². The van der Waals surface area contributed by atoms with Crippen LogP contribution in [0.4, 0.5) is 33.7 Å². The standard InChI is InChI=1S/C31H39F4N7O3/c1-19-17-42(18-20(2)39(19)4)27-15-25(32)22(21-5-7-40(8-6-21)30(45)41-11-9-38(3)10-12-41)13-26(27)37-29(44)23-16-36-28(43)14-24(23)31(33,34)35/h5,13-16,19-20,23H,6-12,17-18H2,1-4H3,(H,37,44)/t19-,20+,23?. The largest absolute Gasteiger partial charge is 0.414 e. The Bertz CT molecular complexity index is 1420. The first-order valence-corrected chi connectivity index (χ1v) is 15.1. The highest BCUT2D eigenvalue weighted by molar-refractivity contribution is 6.11. The molecule has 45 heavy (non-hydrogen) atoms. The Balaban J connectivity index is 1.44. The lowest BCUT2D eigenvalue weighted by atomic mass is 9.95. The topological polar surface area (TPSA) is 91.8 Å². The lowest BCUT2D eigenvalue weighted by Crippen LogP contribution is -2.55. The van der Waals surface area contributed by atoms with Crippen LogP contribution in [0.15, 0.2) is 34.9 Å². The third kappa shape index (κ3) is 7.06. The van der Waals surface area contributed by atoms with Crippen LogP contribution in [0.2, 0.25) is 0 Å². The molecule has 4 aliphatic heterocycles. The van der Waals surface area contributed by atoms with Crippen molar-refractivity contribution < 1.29 is 31.9 Å². The number of piperazine rings is 2. The molecule has 0 aromatic heterocycles. The summed E-state index contributed by atoms with van der Waals surface area (Å²) in [6, 6.07) is 2.88. The van der Waals surface area contributed by atoms with Gasteiger partial charge in [-0.3, -0.25) is 14.5 Å². The zero-order chi connectivity index (χ0) is 32.6. The molecular formula is C31H39F4N7O3. The van der Waals surface area contributed by atoms with E-state index in [4.69, 9.17) is 0 Å². The van der Waals surface area contributed by atoms with Crippen LogP contribution in [0.25, 0.3) is 5.57 Å². The molecule has 0 radical (unpaired) electrons. The third-order valence-electron chi connectivity index (χ3n) is 9.22. The molecule has 2 saturated heterocycles. The Morgan fingerprint density at radius 2 is 1.64 bits per heavy atom. The van der Waals surface area contributed by atoms with E-state index >= 15 is 4.39 Å². The summed E-state index contributed by atoms with van der Waals surface area (Å²) in [7, 11) is 4.00. The molecule has 0 aliphatic carbocycles. The van der Waals surface area contributed by atoms with Gasteiger partial charge in [0, 0.05) is 82.3 Å². The van der Waals surface area contributed by atoms with E-state index in [9.17, 15) is 27.6 Å². The van der Waals surface area contributed by atoms with Crippen molar-refractivity contribution in [2.45, 2.75) is 38.5 Å². The molecule has 0 spiro atoms. The molecule has 1 aromatic carbocycles. The summed E-state index contributed by atoms with van der Waals surface area (Å²) in [4.78, 5) is 51.3. The molecule has 1 N–H and O–H groups in total. The van der Waals surface area contributed by atoms with Crippen molar-refractivity contribution in [1.29, 1.82) is 0 Å². The zero-order valence-electron chi connectivity index (χ0n) is 25.9. The van der Waals surface area contributed by atoms with Gasteiger partial charge in [-0.15, -0.1) is 0 Å². The Morgan fingerprint density at radius 1 is 0.978 bits per heavy atom. The molecule has 1 aromatic rings. The molecule has 4 heterocycles. The predicted octanol–water partition coefficient (Wildman–Crippen LogP) is 3.47. The van der Waals surface area contributed by atoms with E-state index in [0.29, 0.717) is 62.7 Å². The van der Waals surface area contributed by atoms with Crippen LogP contribution in [-0.2, 0) is 9.59 Å². The van der Waals surface area contributed by atoms with Gasteiger partial charge in [0.1, 0.15) is 11.7 Å². The maximum absolute atomic E-state index is 15.9. The molecule has 5 rings (SSSR count). The van der Waals surface area contributed by atoms with E-state index in [-0.39, 0.29) is 35.9 Å². The third-order valence-corrected chi connectivity index (χ3v) is 9.22. The van der Waals surface area contributed by atoms with Crippen molar-refractivity contribution in [3.63, 3.8) is 0 Å². The molecule has 244 valence electrons. The number of likely N-dealkylation sites (N-methyl/N-ethyl adjacent to an activating group) is 2. The van der Waals surface area contributed by atoms with Crippen LogP contribution in [0.5, 0.6) is 0 Å². The summed E-state index contributed by atoms with van der Waals surface area (Å²) in [6.45, 7) is 8.55. The first kappa shape index (κ1) is 32.6. The highest BCUT2D eigenvalue weighted by Crippen LogP contribution is 2.38. The van der Waals surface area contributed by atoms with Crippen molar-refractivity contribution in [3.8, 4) is 0 Å². The number of aliphatic imine (C=N–C) groups is 1. The number of nitrogens with zero attached hydrogens (tertiary/aromatic N) is 6. The van der Waals surface area contributed by atoms with E-state index in [1.807, 2.05) is 37.7 Å². The Hall–Kier alpha value is -3.78. The van der Waals surface area contributed by atoms with Gasteiger partial charge in [-0.1, -0.05) is 6.08 Å². The number of hydrogen-bond donors (Lipinski definition) is 1. The second-order valence-electron chi connectivity index (χ2n) is 12.3. The molecule has 4 amide bonds. The predicted molar refractivity (Wildman–Crippen MR) is 164 cm³/mol. The number of nitrogens with one attached hydrogen (secondary N) is 1. The van der Waals surface area contributed by atoms with Gasteiger partial charge in [0.2, 0.25) is 5.91 Å². The van der Waals surface area contributed by atoms with Crippen molar-refractivity contribution >= 4 is 41.0 Å². The van der Waals surface area contributed by atoms with Crippen molar-refractivity contribution in [2.24, 2.45) is 10.9 Å². The molecule has 10 nitrogen and oxygen atoms in total. The van der Waals surface area contributed by atoms with Crippen LogP contribution in [0, 0.1) is 11.7 Å². The molecule has 14 heteroatoms. The van der Waals surface area contributed by atoms with Crippen molar-refractivity contribution in [1.82, 2.24) is 19.6 Å². The number of rotatable bonds is 4. The molecule has 4 aliphatic rings. The summed E-state index contributed by atoms with van der Waals surface area (Å²) in [6.07, 6.45) is -1.76. The number of halogens is 4. The minimum Gasteiger partial charge on any atom is -0.367 e. The monoisotopic (exact) mass is 633 g/mol. The number of amides is 4. The second kappa shape index (κ2) is 12.9. The number of dihydropyridines is 1. The summed E-state index contributed by atoms with van der Waals surface area (Å²) in [5.41, 5.74) is 0.0312. The van der Waals surface area contributed by atoms with E-state index in [0.717, 1.165) is 13.1 Å². The lowest BCUT2D eigenvalue weighted by Gasteiger charge is -2.44. The quantitative estimate of drug-likeness (QED) is 0.511. The molecule has 0 saturated carbocycles. The summed E-state index contributed by atoms with van der Waals surface area (Å²) in [5, 5.41) is 2.61. The van der Waals surface area contributed by atoms with Crippen molar-refractivity contribution in [3.05, 3.63) is 41.2 Å². The number of alkyl halides is 3. The van der Waals surface area contributed by atoms with Crippen molar-refractivity contribution in [2.75, 3.05) is 76.7 Å². The maximum atomic E-state index is 15.9. The average Bonchev–Trinajstić information content (AvgIpc) is 3.00. The van der Waals surface area contributed by atoms with Gasteiger partial charge >= 0.3 is 12.2 Å². The minimum atomic E-state index is -4.93. The fourth-order valence-electron chi connectivity index (χ4n) is 6.22. The molecule has 3 atom stereocenters. The second-order valence-corrected chi connectivity index (χ2v) is 12.3. The summed E-state index contributed by atoms with van der Waals surface area (Å²) < 4.78 is 57.2. The number of carbonyl (C=O) groups excluding carboxylic acids is 3. The average molecular weight is 634 g/mol. The normalized spacial score (nSPS) is 25.3. The number of carbonyl (C=O) groups is 3. The van der Waals surface area contributed by atoms with E-state index in [2.05, 4.69) is 20.1 Å². The van der Waals surface area contributed by atoms with Gasteiger partial charge in [0.15, 0.2) is 0 Å². The summed E-state index contributed by atoms with van der Waals surface area (Å²) in [5.74, 6) is -4.52. The molecular weight excluding hydrogens is 594 g/mol. The lowest BCUT2D eigenvalue weighted by molar-refractivity contribution is -0.124. The van der Waals surface area contributed by atoms with Gasteiger partial charge < -0.3 is 24.9 Å². The smallest absolute Gasteiger partial charge is 0.367 e. The molecule has 0 bridgehead atoms. The molecule has 2 fully saturated rings. The summed E-state index contributed by atoms with van der Waals surface area (Å²) >= 11 is 0. The first-order chi connectivity index (χ1) is 21.2. The Morgan fingerprint density at radius 3 is 2.24 bits per heavy atom. The van der Waals surface area contributed by atoms with E-state index < -0.39 is 35.3 Å². The number of benzene rings is 1. The highest BCUT2D eigenvalue weighted by atomic mass is 19.4. The van der Waals surface area contributed by atoms with Crippen LogP contribution < -0.4 is 10.2 Å². The van der Waals surface area contributed by atoms with Gasteiger partial charge in [0.05, 0.1) is 16.9 Å². The number of urea groups is 1. The number of anilines is 2. The first-order valence-electron chi connectivity index (χ1n) is 15.1. The fourth-order valence-corrected chi connectivity index (χ4v) is 6.22. The minimum absolute atomic E-state index is 0.0679. The van der Waals surface area contributed by atoms with E-state index in [1.54, 1.807) is 11.0 Å². The van der Waals surface area contributed by atoms with Crippen LogP contribution >= 0.6 is 0 Å². The van der Waals surface area contributed by atoms with Crippen LogP contribution in [-0.4, -0.2) is 128 Å². The maximum Gasteiger partial charge on any atom is 0.414 e. The Labute approximate surface area is 260 Å². The molecule has 1 unspecified atom stereocenters. The van der Waals surface area contributed by atoms with Gasteiger partial charge in [-0.25, -0.2) is 14.2 Å². The van der Waals surface area contributed by atoms with Gasteiger partial charge in [-0.05, 0) is 52.1 Å². The highest BCUT2D eigenvalue weighted by Gasteiger charge is 2.43. The van der Waals surface area contributed by atoms with E-state index in [1.165, 1.54) is 12.1 Å². The Kier molecular flexibility index (Phi) is 9.36. The zero-order valence-corrected chi connectivity index (χ0v) is 25.9. The van der Waals surface area contributed by atoms with Gasteiger partial charge in [0.25, 0.3) is 5.91 Å². The number of hydrogen-bond acceptors (Lipinski definition) is 6. The SMILES string of the molecule is C[C@@H]1CN(c2cc(F)c(C3=CCN(C(=O)N4CCN(C)CC4)CC3)cc2NC(=O)C2C=NC(=O)C=C2C(F)(F)F)C[C@H](C)N1C. The van der Waals surface area contributed by atoms with Gasteiger partial charge in [-0.2, -0.15) is 13.2 Å². The fraction of sp³-hybridized carbons (Fsp3) is 0.548. The van der Waals surface area contributed by atoms with Crippen LogP contribution in [0.1, 0.15) is 25.8 Å².